The molecule has 0 saturated carbocycles. The van der Waals surface area contributed by atoms with Crippen molar-refractivity contribution in [2.75, 3.05) is 17.7 Å². The highest BCUT2D eigenvalue weighted by Gasteiger charge is 2.18. The number of ether oxygens (including phenoxy) is 1. The standard InChI is InChI=1S/C22H22ClN3O3/c1-13-11-19(14(2)26(13)17-6-8-18(29-4)9-7-17)22(28)25-21-12-16(24-15(3)27)5-10-20(21)23/h5-12H,1-4H3,(H,24,27)(H,25,28). The molecule has 1 aromatic heterocycles. The van der Waals surface area contributed by atoms with Crippen LogP contribution < -0.4 is 15.4 Å². The van der Waals surface area contributed by atoms with Crippen LogP contribution in [0.5, 0.6) is 5.75 Å². The molecule has 0 bridgehead atoms. The van der Waals surface area contributed by atoms with E-state index in [1.807, 2.05) is 48.7 Å². The molecule has 0 aliphatic heterocycles. The van der Waals surface area contributed by atoms with Crippen LogP contribution in [0, 0.1) is 13.8 Å². The molecular weight excluding hydrogens is 390 g/mol. The van der Waals surface area contributed by atoms with Gasteiger partial charge in [0.15, 0.2) is 0 Å². The molecule has 2 aromatic carbocycles. The lowest BCUT2D eigenvalue weighted by molar-refractivity contribution is -0.114. The van der Waals surface area contributed by atoms with Gasteiger partial charge >= 0.3 is 0 Å². The van der Waals surface area contributed by atoms with Crippen LogP contribution in [0.15, 0.2) is 48.5 Å². The van der Waals surface area contributed by atoms with E-state index in [1.165, 1.54) is 6.92 Å². The smallest absolute Gasteiger partial charge is 0.257 e. The fraction of sp³-hybridized carbons (Fsp3) is 0.182. The molecule has 0 atom stereocenters. The van der Waals surface area contributed by atoms with E-state index in [2.05, 4.69) is 10.6 Å². The van der Waals surface area contributed by atoms with Crippen molar-refractivity contribution < 1.29 is 14.3 Å². The van der Waals surface area contributed by atoms with Crippen molar-refractivity contribution in [1.29, 1.82) is 0 Å². The molecule has 0 aliphatic rings. The Morgan fingerprint density at radius 1 is 1.00 bits per heavy atom. The Morgan fingerprint density at radius 2 is 1.69 bits per heavy atom. The Morgan fingerprint density at radius 3 is 2.31 bits per heavy atom. The van der Waals surface area contributed by atoms with Crippen molar-refractivity contribution in [3.8, 4) is 11.4 Å². The largest absolute Gasteiger partial charge is 0.497 e. The molecule has 7 heteroatoms. The van der Waals surface area contributed by atoms with Crippen LogP contribution >= 0.6 is 11.6 Å². The third-order valence-electron chi connectivity index (χ3n) is 4.54. The Hall–Kier alpha value is -3.25. The van der Waals surface area contributed by atoms with Gasteiger partial charge in [-0.1, -0.05) is 11.6 Å². The van der Waals surface area contributed by atoms with E-state index in [4.69, 9.17) is 16.3 Å². The fourth-order valence-corrected chi connectivity index (χ4v) is 3.38. The first-order chi connectivity index (χ1) is 13.8. The number of nitrogens with one attached hydrogen (secondary N) is 2. The number of amides is 2. The highest BCUT2D eigenvalue weighted by atomic mass is 35.5. The highest BCUT2D eigenvalue weighted by molar-refractivity contribution is 6.34. The summed E-state index contributed by atoms with van der Waals surface area (Å²) in [5.41, 5.74) is 4.19. The summed E-state index contributed by atoms with van der Waals surface area (Å²) < 4.78 is 7.21. The molecule has 1 heterocycles. The molecule has 6 nitrogen and oxygen atoms in total. The zero-order valence-corrected chi connectivity index (χ0v) is 17.4. The topological polar surface area (TPSA) is 72.4 Å². The van der Waals surface area contributed by atoms with Crippen LogP contribution in [0.2, 0.25) is 5.02 Å². The molecule has 150 valence electrons. The summed E-state index contributed by atoms with van der Waals surface area (Å²) >= 11 is 6.22. The number of hydrogen-bond acceptors (Lipinski definition) is 3. The molecule has 0 radical (unpaired) electrons. The van der Waals surface area contributed by atoms with Crippen LogP contribution in [0.25, 0.3) is 5.69 Å². The molecule has 0 aliphatic carbocycles. The number of aromatic nitrogens is 1. The molecule has 0 unspecified atom stereocenters. The summed E-state index contributed by atoms with van der Waals surface area (Å²) in [5.74, 6) is 0.287. The number of methoxy groups -OCH3 is 1. The number of halogens is 1. The van der Waals surface area contributed by atoms with E-state index >= 15 is 0 Å². The van der Waals surface area contributed by atoms with Crippen LogP contribution in [0.1, 0.15) is 28.7 Å². The van der Waals surface area contributed by atoms with Gasteiger partial charge in [0.25, 0.3) is 5.91 Å². The first-order valence-corrected chi connectivity index (χ1v) is 9.40. The Bertz CT molecular complexity index is 1070. The molecule has 0 spiro atoms. The summed E-state index contributed by atoms with van der Waals surface area (Å²) in [4.78, 5) is 24.2. The van der Waals surface area contributed by atoms with Gasteiger partial charge in [-0.25, -0.2) is 0 Å². The predicted molar refractivity (Wildman–Crippen MR) is 116 cm³/mol. The molecule has 2 amide bonds. The first kappa shape index (κ1) is 20.5. The number of rotatable bonds is 5. The molecule has 3 rings (SSSR count). The van der Waals surface area contributed by atoms with Crippen molar-refractivity contribution in [2.24, 2.45) is 0 Å². The molecule has 0 fully saturated rings. The number of hydrogen-bond donors (Lipinski definition) is 2. The normalized spacial score (nSPS) is 10.5. The number of benzene rings is 2. The minimum Gasteiger partial charge on any atom is -0.497 e. The lowest BCUT2D eigenvalue weighted by atomic mass is 10.2. The maximum atomic E-state index is 12.9. The third kappa shape index (κ3) is 4.43. The second kappa shape index (κ2) is 8.41. The van der Waals surface area contributed by atoms with Crippen LogP contribution in [0.4, 0.5) is 11.4 Å². The van der Waals surface area contributed by atoms with Crippen molar-refractivity contribution in [1.82, 2.24) is 4.57 Å². The summed E-state index contributed by atoms with van der Waals surface area (Å²) in [5, 5.41) is 5.90. The lowest BCUT2D eigenvalue weighted by Gasteiger charge is -2.12. The zero-order valence-electron chi connectivity index (χ0n) is 16.7. The van der Waals surface area contributed by atoms with Gasteiger partial charge in [-0.2, -0.15) is 0 Å². The second-order valence-corrected chi connectivity index (χ2v) is 7.06. The Balaban J connectivity index is 1.90. The van der Waals surface area contributed by atoms with Crippen molar-refractivity contribution in [3.63, 3.8) is 0 Å². The fourth-order valence-electron chi connectivity index (χ4n) is 3.21. The molecule has 29 heavy (non-hydrogen) atoms. The van der Waals surface area contributed by atoms with E-state index in [0.29, 0.717) is 22.0 Å². The number of aryl methyl sites for hydroxylation is 1. The van der Waals surface area contributed by atoms with Gasteiger partial charge in [0.1, 0.15) is 5.75 Å². The van der Waals surface area contributed by atoms with Crippen molar-refractivity contribution in [3.05, 3.63) is 70.5 Å². The van der Waals surface area contributed by atoms with E-state index in [9.17, 15) is 9.59 Å². The van der Waals surface area contributed by atoms with Gasteiger partial charge in [0.2, 0.25) is 5.91 Å². The van der Waals surface area contributed by atoms with E-state index in [1.54, 1.807) is 25.3 Å². The lowest BCUT2D eigenvalue weighted by Crippen LogP contribution is -2.14. The maximum absolute atomic E-state index is 12.9. The quantitative estimate of drug-likeness (QED) is 0.622. The zero-order chi connectivity index (χ0) is 21.1. The molecule has 3 aromatic rings. The number of anilines is 2. The van der Waals surface area contributed by atoms with Gasteiger partial charge < -0.3 is 19.9 Å². The average molecular weight is 412 g/mol. The maximum Gasteiger partial charge on any atom is 0.257 e. The van der Waals surface area contributed by atoms with Crippen molar-refractivity contribution in [2.45, 2.75) is 20.8 Å². The average Bonchev–Trinajstić information content (AvgIpc) is 2.98. The highest BCUT2D eigenvalue weighted by Crippen LogP contribution is 2.28. The SMILES string of the molecule is COc1ccc(-n2c(C)cc(C(=O)Nc3cc(NC(C)=O)ccc3Cl)c2C)cc1. The number of carbonyl (C=O) groups is 2. The molecular formula is C22H22ClN3O3. The summed E-state index contributed by atoms with van der Waals surface area (Å²) in [6.45, 7) is 5.25. The number of carbonyl (C=O) groups excluding carboxylic acids is 2. The minimum absolute atomic E-state index is 0.201. The Kier molecular flexibility index (Phi) is 5.94. The molecule has 2 N–H and O–H groups in total. The third-order valence-corrected chi connectivity index (χ3v) is 4.87. The van der Waals surface area contributed by atoms with Gasteiger partial charge in [-0.15, -0.1) is 0 Å². The van der Waals surface area contributed by atoms with Crippen molar-refractivity contribution >= 4 is 34.8 Å². The van der Waals surface area contributed by atoms with Gasteiger partial charge in [0, 0.05) is 29.7 Å². The van der Waals surface area contributed by atoms with Crippen LogP contribution in [-0.4, -0.2) is 23.5 Å². The van der Waals surface area contributed by atoms with Crippen LogP contribution in [0.3, 0.4) is 0 Å². The van der Waals surface area contributed by atoms with Gasteiger partial charge in [0.05, 0.1) is 23.4 Å². The van der Waals surface area contributed by atoms with Gasteiger partial charge in [-0.3, -0.25) is 9.59 Å². The van der Waals surface area contributed by atoms with E-state index in [0.717, 1.165) is 22.8 Å². The summed E-state index contributed by atoms with van der Waals surface area (Å²) in [7, 11) is 1.62. The second-order valence-electron chi connectivity index (χ2n) is 6.65. The van der Waals surface area contributed by atoms with E-state index < -0.39 is 0 Å². The number of nitrogens with zero attached hydrogens (tertiary/aromatic N) is 1. The first-order valence-electron chi connectivity index (χ1n) is 9.02. The van der Waals surface area contributed by atoms with Crippen LogP contribution in [-0.2, 0) is 4.79 Å². The summed E-state index contributed by atoms with van der Waals surface area (Å²) in [6.07, 6.45) is 0. The van der Waals surface area contributed by atoms with E-state index in [-0.39, 0.29) is 11.8 Å². The monoisotopic (exact) mass is 411 g/mol. The summed E-state index contributed by atoms with van der Waals surface area (Å²) in [6, 6.07) is 14.4. The van der Waals surface area contributed by atoms with Gasteiger partial charge in [-0.05, 0) is 62.4 Å². The predicted octanol–water partition coefficient (Wildman–Crippen LogP) is 4.97. The molecule has 0 saturated heterocycles. The Labute approximate surface area is 174 Å². The minimum atomic E-state index is -0.278.